The lowest BCUT2D eigenvalue weighted by Gasteiger charge is -2.22. The molecule has 4 bridgehead atoms. The number of ether oxygens (including phenoxy) is 4. The Balaban J connectivity index is 1.50. The standard InChI is InChI=1S/C29H34F3N3O4/c1-19-22-8-7-9-25(26(22)30)29(31,32)18-37-13-5-3-2-4-6-14-38-28-23-11-10-20(39-21-12-15-36-17-21)16-24(23)27(33-19)34-35-28/h7-11,16,19,21H,2-6,12-15,17-18H2,1H3,(H,33,34)/t19-,21?/m1/s1. The normalized spacial score (nSPS) is 22.7. The minimum Gasteiger partial charge on any atom is -0.488 e. The zero-order valence-electron chi connectivity index (χ0n) is 22.1. The maximum absolute atomic E-state index is 15.5. The Bertz CT molecular complexity index is 1270. The first kappa shape index (κ1) is 27.5. The Morgan fingerprint density at radius 2 is 1.77 bits per heavy atom. The summed E-state index contributed by atoms with van der Waals surface area (Å²) < 4.78 is 68.1. The van der Waals surface area contributed by atoms with Gasteiger partial charge in [-0.3, -0.25) is 0 Å². The number of aromatic nitrogens is 2. The van der Waals surface area contributed by atoms with Crippen molar-refractivity contribution >= 4 is 16.6 Å². The predicted octanol–water partition coefficient (Wildman–Crippen LogP) is 6.56. The number of hydrogen-bond acceptors (Lipinski definition) is 7. The minimum absolute atomic E-state index is 0.0439. The van der Waals surface area contributed by atoms with Crippen LogP contribution in [0.1, 0.15) is 62.6 Å². The van der Waals surface area contributed by atoms with Gasteiger partial charge >= 0.3 is 0 Å². The van der Waals surface area contributed by atoms with Crippen molar-refractivity contribution in [1.82, 2.24) is 10.2 Å². The lowest BCUT2D eigenvalue weighted by Crippen LogP contribution is -2.24. The molecule has 0 amide bonds. The van der Waals surface area contributed by atoms with E-state index in [2.05, 4.69) is 15.5 Å². The molecule has 0 aliphatic carbocycles. The first-order valence-electron chi connectivity index (χ1n) is 13.6. The monoisotopic (exact) mass is 545 g/mol. The van der Waals surface area contributed by atoms with Gasteiger partial charge in [0.05, 0.1) is 31.4 Å². The molecule has 7 nitrogen and oxygen atoms in total. The first-order chi connectivity index (χ1) is 18.9. The van der Waals surface area contributed by atoms with Gasteiger partial charge in [0, 0.05) is 29.4 Å². The molecule has 5 rings (SSSR count). The van der Waals surface area contributed by atoms with E-state index in [0.717, 1.165) is 43.6 Å². The molecule has 0 radical (unpaired) electrons. The second-order valence-corrected chi connectivity index (χ2v) is 10.1. The third-order valence-corrected chi connectivity index (χ3v) is 7.11. The molecule has 10 heteroatoms. The van der Waals surface area contributed by atoms with Crippen molar-refractivity contribution in [3.05, 3.63) is 53.3 Å². The van der Waals surface area contributed by atoms with Crippen LogP contribution in [0.4, 0.5) is 19.0 Å². The van der Waals surface area contributed by atoms with Gasteiger partial charge in [0.2, 0.25) is 5.88 Å². The molecule has 0 spiro atoms. The summed E-state index contributed by atoms with van der Waals surface area (Å²) in [6.45, 7) is 2.69. The van der Waals surface area contributed by atoms with E-state index in [9.17, 15) is 8.78 Å². The fourth-order valence-electron chi connectivity index (χ4n) is 4.93. The van der Waals surface area contributed by atoms with E-state index in [1.807, 2.05) is 18.2 Å². The zero-order valence-corrected chi connectivity index (χ0v) is 22.1. The van der Waals surface area contributed by atoms with Crippen LogP contribution in [0.2, 0.25) is 0 Å². The number of rotatable bonds is 2. The number of alkyl halides is 2. The maximum atomic E-state index is 15.5. The van der Waals surface area contributed by atoms with Gasteiger partial charge in [-0.05, 0) is 44.0 Å². The van der Waals surface area contributed by atoms with E-state index in [1.54, 1.807) is 6.92 Å². The van der Waals surface area contributed by atoms with Crippen LogP contribution in [0.15, 0.2) is 36.4 Å². The molecule has 210 valence electrons. The van der Waals surface area contributed by atoms with Crippen molar-refractivity contribution in [2.45, 2.75) is 63.5 Å². The summed E-state index contributed by atoms with van der Waals surface area (Å²) in [5.41, 5.74) is -0.593. The summed E-state index contributed by atoms with van der Waals surface area (Å²) in [5, 5.41) is 13.2. The second-order valence-electron chi connectivity index (χ2n) is 10.1. The summed E-state index contributed by atoms with van der Waals surface area (Å²) in [4.78, 5) is 0. The molecule has 0 saturated carbocycles. The van der Waals surface area contributed by atoms with Crippen molar-refractivity contribution in [3.63, 3.8) is 0 Å². The highest BCUT2D eigenvalue weighted by atomic mass is 19.3. The van der Waals surface area contributed by atoms with Crippen LogP contribution in [0.5, 0.6) is 11.6 Å². The lowest BCUT2D eigenvalue weighted by atomic mass is 10.00. The van der Waals surface area contributed by atoms with Crippen molar-refractivity contribution in [2.75, 3.05) is 38.4 Å². The van der Waals surface area contributed by atoms with Crippen LogP contribution in [0.25, 0.3) is 10.8 Å². The van der Waals surface area contributed by atoms with Crippen LogP contribution in [-0.4, -0.2) is 49.3 Å². The fourth-order valence-corrected chi connectivity index (χ4v) is 4.93. The van der Waals surface area contributed by atoms with Gasteiger partial charge < -0.3 is 24.3 Å². The molecule has 2 aliphatic heterocycles. The number of benzene rings is 2. The maximum Gasteiger partial charge on any atom is 0.298 e. The third-order valence-electron chi connectivity index (χ3n) is 7.11. The van der Waals surface area contributed by atoms with Gasteiger partial charge in [-0.25, -0.2) is 4.39 Å². The largest absolute Gasteiger partial charge is 0.488 e. The Morgan fingerprint density at radius 3 is 2.59 bits per heavy atom. The molecule has 1 fully saturated rings. The quantitative estimate of drug-likeness (QED) is 0.391. The average molecular weight is 546 g/mol. The van der Waals surface area contributed by atoms with Crippen molar-refractivity contribution in [2.24, 2.45) is 0 Å². The average Bonchev–Trinajstić information content (AvgIpc) is 3.43. The topological polar surface area (TPSA) is 74.7 Å². The Labute approximate surface area is 226 Å². The van der Waals surface area contributed by atoms with Gasteiger partial charge in [-0.1, -0.05) is 31.4 Å². The van der Waals surface area contributed by atoms with Crippen LogP contribution >= 0.6 is 0 Å². The SMILES string of the molecule is C[C@H]1Nc2nnc(c3ccc(OC4CCOC4)cc23)OCCCCCCCOCC(F)(F)c2cccc1c2F. The summed E-state index contributed by atoms with van der Waals surface area (Å²) in [6.07, 6.45) is 4.96. The number of nitrogens with one attached hydrogen (secondary N) is 1. The second kappa shape index (κ2) is 12.4. The third kappa shape index (κ3) is 6.55. The van der Waals surface area contributed by atoms with E-state index >= 15 is 4.39 Å². The lowest BCUT2D eigenvalue weighted by molar-refractivity contribution is -0.0853. The van der Waals surface area contributed by atoms with Crippen LogP contribution in [0, 0.1) is 5.82 Å². The number of halogens is 3. The molecule has 1 unspecified atom stereocenters. The molecule has 3 heterocycles. The van der Waals surface area contributed by atoms with Gasteiger partial charge in [-0.2, -0.15) is 8.78 Å². The Hall–Kier alpha value is -3.11. The number of anilines is 1. The molecule has 2 aliphatic rings. The highest BCUT2D eigenvalue weighted by Crippen LogP contribution is 2.36. The van der Waals surface area contributed by atoms with Crippen LogP contribution < -0.4 is 14.8 Å². The highest BCUT2D eigenvalue weighted by molar-refractivity contribution is 5.95. The number of hydrogen-bond donors (Lipinski definition) is 1. The molecule has 3 aromatic rings. The predicted molar refractivity (Wildman–Crippen MR) is 141 cm³/mol. The minimum atomic E-state index is -3.46. The molecular formula is C29H34F3N3O4. The van der Waals surface area contributed by atoms with E-state index in [4.69, 9.17) is 18.9 Å². The molecule has 1 saturated heterocycles. The van der Waals surface area contributed by atoms with Gasteiger partial charge in [0.1, 0.15) is 24.3 Å². The molecule has 1 N–H and O–H groups in total. The summed E-state index contributed by atoms with van der Waals surface area (Å²) in [5.74, 6) is -3.03. The Morgan fingerprint density at radius 1 is 0.949 bits per heavy atom. The van der Waals surface area contributed by atoms with Crippen molar-refractivity contribution in [1.29, 1.82) is 0 Å². The molecule has 2 atom stereocenters. The Kier molecular flexibility index (Phi) is 8.72. The molecule has 2 aromatic carbocycles. The molecule has 1 aromatic heterocycles. The van der Waals surface area contributed by atoms with Crippen LogP contribution in [0.3, 0.4) is 0 Å². The van der Waals surface area contributed by atoms with E-state index in [0.29, 0.717) is 49.1 Å². The smallest absolute Gasteiger partial charge is 0.298 e. The van der Waals surface area contributed by atoms with E-state index in [-0.39, 0.29) is 18.3 Å². The van der Waals surface area contributed by atoms with Gasteiger partial charge in [0.25, 0.3) is 5.92 Å². The van der Waals surface area contributed by atoms with Crippen LogP contribution in [-0.2, 0) is 15.4 Å². The molecule has 39 heavy (non-hydrogen) atoms. The fraction of sp³-hybridized carbons (Fsp3) is 0.517. The van der Waals surface area contributed by atoms with E-state index in [1.165, 1.54) is 12.1 Å². The number of fused-ring (bicyclic) bond motifs is 8. The molecular weight excluding hydrogens is 511 g/mol. The van der Waals surface area contributed by atoms with Crippen molar-refractivity contribution < 1.29 is 32.1 Å². The van der Waals surface area contributed by atoms with Gasteiger partial charge in [-0.15, -0.1) is 10.2 Å². The zero-order chi connectivity index (χ0) is 27.2. The van der Waals surface area contributed by atoms with E-state index < -0.39 is 30.0 Å². The summed E-state index contributed by atoms with van der Waals surface area (Å²) in [7, 11) is 0. The van der Waals surface area contributed by atoms with Gasteiger partial charge in [0.15, 0.2) is 5.82 Å². The van der Waals surface area contributed by atoms with Crippen molar-refractivity contribution in [3.8, 4) is 11.6 Å². The number of nitrogens with zero attached hydrogens (tertiary/aromatic N) is 2. The summed E-state index contributed by atoms with van der Waals surface area (Å²) >= 11 is 0. The summed E-state index contributed by atoms with van der Waals surface area (Å²) in [6, 6.07) is 8.91. The highest BCUT2D eigenvalue weighted by Gasteiger charge is 2.36. The first-order valence-corrected chi connectivity index (χ1v) is 13.6.